The summed E-state index contributed by atoms with van der Waals surface area (Å²) in [4.78, 5) is 16.7. The van der Waals surface area contributed by atoms with Crippen molar-refractivity contribution in [2.24, 2.45) is 23.7 Å². The number of nitrogens with zero attached hydrogens (tertiary/aromatic N) is 2. The molecule has 1 rings (SSSR count). The molecule has 0 aromatic carbocycles. The predicted molar refractivity (Wildman–Crippen MR) is 149 cm³/mol. The van der Waals surface area contributed by atoms with Crippen LogP contribution in [0.2, 0.25) is 0 Å². The lowest BCUT2D eigenvalue weighted by molar-refractivity contribution is 0.146. The predicted octanol–water partition coefficient (Wildman–Crippen LogP) is 7.75. The van der Waals surface area contributed by atoms with Crippen molar-refractivity contribution in [3.8, 4) is 0 Å². The zero-order valence-corrected chi connectivity index (χ0v) is 24.0. The Balaban J connectivity index is 2.09. The molecule has 4 heteroatoms. The van der Waals surface area contributed by atoms with Gasteiger partial charge in [-0.05, 0) is 49.9 Å². The summed E-state index contributed by atoms with van der Waals surface area (Å²) in [7, 11) is 0. The van der Waals surface area contributed by atoms with Crippen molar-refractivity contribution >= 4 is 6.03 Å². The van der Waals surface area contributed by atoms with Crippen LogP contribution in [0.4, 0.5) is 4.79 Å². The molecule has 1 heterocycles. The first-order valence-corrected chi connectivity index (χ1v) is 14.6. The molecule has 34 heavy (non-hydrogen) atoms. The van der Waals surface area contributed by atoms with Crippen molar-refractivity contribution in [3.63, 3.8) is 0 Å². The van der Waals surface area contributed by atoms with E-state index in [1.807, 2.05) is 4.90 Å². The first-order valence-electron chi connectivity index (χ1n) is 14.6. The van der Waals surface area contributed by atoms with E-state index < -0.39 is 0 Å². The van der Waals surface area contributed by atoms with Gasteiger partial charge in [0.2, 0.25) is 0 Å². The minimum absolute atomic E-state index is 0.113. The lowest BCUT2D eigenvalue weighted by Crippen LogP contribution is -2.51. The smallest absolute Gasteiger partial charge is 0.317 e. The highest BCUT2D eigenvalue weighted by atomic mass is 16.2. The van der Waals surface area contributed by atoms with Crippen LogP contribution < -0.4 is 5.32 Å². The van der Waals surface area contributed by atoms with Gasteiger partial charge in [-0.2, -0.15) is 0 Å². The van der Waals surface area contributed by atoms with Crippen LogP contribution >= 0.6 is 0 Å². The van der Waals surface area contributed by atoms with Gasteiger partial charge < -0.3 is 10.2 Å². The van der Waals surface area contributed by atoms with Crippen LogP contribution in [0.5, 0.6) is 0 Å². The zero-order valence-electron chi connectivity index (χ0n) is 24.0. The van der Waals surface area contributed by atoms with E-state index in [0.717, 1.165) is 63.4 Å². The van der Waals surface area contributed by atoms with E-state index in [0.29, 0.717) is 5.92 Å². The molecule has 0 aromatic rings. The van der Waals surface area contributed by atoms with E-state index in [1.54, 1.807) is 0 Å². The summed E-state index contributed by atoms with van der Waals surface area (Å²) in [6, 6.07) is 0.113. The summed E-state index contributed by atoms with van der Waals surface area (Å²) in [5.41, 5.74) is 1.53. The Bertz CT molecular complexity index is 549. The van der Waals surface area contributed by atoms with Crippen molar-refractivity contribution < 1.29 is 4.79 Å². The monoisotopic (exact) mass is 477 g/mol. The molecule has 0 spiro atoms. The van der Waals surface area contributed by atoms with Crippen LogP contribution in [0.15, 0.2) is 11.6 Å². The molecule has 1 aliphatic rings. The average Bonchev–Trinajstić information content (AvgIpc) is 2.77. The second-order valence-corrected chi connectivity index (χ2v) is 12.1. The number of piperazine rings is 1. The molecule has 2 amide bonds. The normalized spacial score (nSPS) is 17.4. The highest BCUT2D eigenvalue weighted by Gasteiger charge is 2.20. The average molecular weight is 478 g/mol. The van der Waals surface area contributed by atoms with Gasteiger partial charge in [-0.3, -0.25) is 4.90 Å². The van der Waals surface area contributed by atoms with E-state index in [9.17, 15) is 4.79 Å². The van der Waals surface area contributed by atoms with E-state index in [4.69, 9.17) is 0 Å². The van der Waals surface area contributed by atoms with Crippen LogP contribution in [0.3, 0.4) is 0 Å². The number of hydrogen-bond acceptors (Lipinski definition) is 2. The highest BCUT2D eigenvalue weighted by Crippen LogP contribution is 2.22. The van der Waals surface area contributed by atoms with E-state index in [2.05, 4.69) is 64.8 Å². The van der Waals surface area contributed by atoms with Crippen molar-refractivity contribution in [3.05, 3.63) is 11.6 Å². The Morgan fingerprint density at radius 1 is 0.765 bits per heavy atom. The van der Waals surface area contributed by atoms with Gasteiger partial charge in [0.1, 0.15) is 0 Å². The quantitative estimate of drug-likeness (QED) is 0.217. The second kappa shape index (κ2) is 18.3. The van der Waals surface area contributed by atoms with Crippen LogP contribution in [0, 0.1) is 23.7 Å². The van der Waals surface area contributed by atoms with Gasteiger partial charge in [-0.1, -0.05) is 98.1 Å². The first kappa shape index (κ1) is 31.0. The summed E-state index contributed by atoms with van der Waals surface area (Å²) in [6.45, 7) is 21.7. The van der Waals surface area contributed by atoms with E-state index in [1.165, 1.54) is 63.4 Å². The fourth-order valence-corrected chi connectivity index (χ4v) is 4.81. The Hall–Kier alpha value is -1.03. The lowest BCUT2D eigenvalue weighted by Gasteiger charge is -2.34. The number of carbonyl (C=O) groups is 1. The molecule has 2 atom stereocenters. The van der Waals surface area contributed by atoms with Crippen LogP contribution in [-0.4, -0.2) is 55.1 Å². The minimum Gasteiger partial charge on any atom is -0.338 e. The third-order valence-electron chi connectivity index (χ3n) is 7.50. The van der Waals surface area contributed by atoms with Crippen LogP contribution in [-0.2, 0) is 0 Å². The van der Waals surface area contributed by atoms with Gasteiger partial charge in [-0.25, -0.2) is 4.79 Å². The fourth-order valence-electron chi connectivity index (χ4n) is 4.81. The number of hydrogen-bond donors (Lipinski definition) is 1. The van der Waals surface area contributed by atoms with Gasteiger partial charge in [0.15, 0.2) is 0 Å². The lowest BCUT2D eigenvalue weighted by atomic mass is 9.91. The summed E-state index contributed by atoms with van der Waals surface area (Å²) in [5, 5.41) is 3.07. The van der Waals surface area contributed by atoms with Gasteiger partial charge in [0.25, 0.3) is 0 Å². The van der Waals surface area contributed by atoms with E-state index in [-0.39, 0.29) is 6.03 Å². The first-order chi connectivity index (χ1) is 16.2. The Kier molecular flexibility index (Phi) is 16.7. The summed E-state index contributed by atoms with van der Waals surface area (Å²) < 4.78 is 0. The molecular formula is C30H59N3O. The van der Waals surface area contributed by atoms with Crippen LogP contribution in [0.1, 0.15) is 113 Å². The molecule has 0 saturated carbocycles. The van der Waals surface area contributed by atoms with Gasteiger partial charge in [-0.15, -0.1) is 0 Å². The maximum atomic E-state index is 12.3. The molecule has 0 radical (unpaired) electrons. The molecular weight excluding hydrogens is 418 g/mol. The third-order valence-corrected chi connectivity index (χ3v) is 7.50. The Morgan fingerprint density at radius 2 is 1.29 bits per heavy atom. The summed E-state index contributed by atoms with van der Waals surface area (Å²) in [6.07, 6.45) is 15.8. The molecule has 1 aliphatic heterocycles. The maximum Gasteiger partial charge on any atom is 0.317 e. The Morgan fingerprint density at radius 3 is 1.85 bits per heavy atom. The second-order valence-electron chi connectivity index (χ2n) is 12.1. The molecule has 200 valence electrons. The Labute approximate surface area is 213 Å². The van der Waals surface area contributed by atoms with Gasteiger partial charge >= 0.3 is 6.03 Å². The fraction of sp³-hybridized carbons (Fsp3) is 0.900. The van der Waals surface area contributed by atoms with Crippen molar-refractivity contribution in [2.45, 2.75) is 113 Å². The SMILES string of the molecule is C/C(=C\CN1CCN(C(=O)NCCC(C)C)CC1)CCCC(C)CCCC(C)CCCC(C)C. The molecule has 1 fully saturated rings. The van der Waals surface area contributed by atoms with Gasteiger partial charge in [0, 0.05) is 39.3 Å². The molecule has 1 saturated heterocycles. The summed E-state index contributed by atoms with van der Waals surface area (Å²) >= 11 is 0. The molecule has 1 N–H and O–H groups in total. The van der Waals surface area contributed by atoms with Gasteiger partial charge in [0.05, 0.1) is 0 Å². The number of nitrogens with one attached hydrogen (secondary N) is 1. The minimum atomic E-state index is 0.113. The zero-order chi connectivity index (χ0) is 25.3. The number of urea groups is 1. The van der Waals surface area contributed by atoms with Crippen molar-refractivity contribution in [2.75, 3.05) is 39.3 Å². The number of carbonyl (C=O) groups excluding carboxylic acids is 1. The third kappa shape index (κ3) is 15.8. The summed E-state index contributed by atoms with van der Waals surface area (Å²) in [5.74, 6) is 3.24. The molecule has 0 bridgehead atoms. The highest BCUT2D eigenvalue weighted by molar-refractivity contribution is 5.74. The standard InChI is InChI=1S/C30H59N3O/c1-25(2)11-8-12-27(5)13-9-14-28(6)15-10-16-29(7)18-20-32-21-23-33(24-22-32)30(34)31-19-17-26(3)4/h18,25-28H,8-17,19-24H2,1-7H3,(H,31,34)/b29-18+. The molecule has 2 unspecified atom stereocenters. The van der Waals surface area contributed by atoms with Crippen molar-refractivity contribution in [1.82, 2.24) is 15.1 Å². The molecule has 4 nitrogen and oxygen atoms in total. The van der Waals surface area contributed by atoms with Crippen molar-refractivity contribution in [1.29, 1.82) is 0 Å². The molecule has 0 aromatic heterocycles. The largest absolute Gasteiger partial charge is 0.338 e. The number of amides is 2. The molecule has 0 aliphatic carbocycles. The topological polar surface area (TPSA) is 35.6 Å². The number of allylic oxidation sites excluding steroid dienone is 1. The van der Waals surface area contributed by atoms with Crippen LogP contribution in [0.25, 0.3) is 0 Å². The van der Waals surface area contributed by atoms with E-state index >= 15 is 0 Å². The number of rotatable bonds is 17. The maximum absolute atomic E-state index is 12.3.